The lowest BCUT2D eigenvalue weighted by molar-refractivity contribution is -0.119. The monoisotopic (exact) mass is 485 g/mol. The number of nitrogens with one attached hydrogen (secondary N) is 1. The van der Waals surface area contributed by atoms with E-state index in [0.717, 1.165) is 35.8 Å². The number of rotatable bonds is 8. The highest BCUT2D eigenvalue weighted by atomic mass is 32.2. The van der Waals surface area contributed by atoms with Crippen LogP contribution in [-0.4, -0.2) is 56.6 Å². The molecular weight excluding hydrogens is 458 g/mol. The Bertz CT molecular complexity index is 1310. The van der Waals surface area contributed by atoms with E-state index >= 15 is 0 Å². The molecule has 0 aliphatic carbocycles. The first kappa shape index (κ1) is 24.0. The Morgan fingerprint density at radius 1 is 1.21 bits per heavy atom. The molecule has 2 aromatic heterocycles. The normalized spacial score (nSPS) is 15.6. The number of ether oxygens (including phenoxy) is 2. The van der Waals surface area contributed by atoms with Crippen molar-refractivity contribution in [3.8, 4) is 17.1 Å². The zero-order valence-corrected chi connectivity index (χ0v) is 20.2. The van der Waals surface area contributed by atoms with Gasteiger partial charge in [0.25, 0.3) is 5.56 Å². The Labute approximate surface area is 200 Å². The van der Waals surface area contributed by atoms with Crippen molar-refractivity contribution in [3.05, 3.63) is 45.1 Å². The summed E-state index contributed by atoms with van der Waals surface area (Å²) in [5.74, 6) is 0.941. The molecule has 1 saturated heterocycles. The van der Waals surface area contributed by atoms with Gasteiger partial charge in [-0.15, -0.1) is 0 Å². The van der Waals surface area contributed by atoms with Crippen LogP contribution in [0.3, 0.4) is 0 Å². The van der Waals surface area contributed by atoms with Crippen molar-refractivity contribution in [1.29, 1.82) is 0 Å². The molecule has 3 aromatic rings. The maximum Gasteiger partial charge on any atom is 0.332 e. The van der Waals surface area contributed by atoms with Crippen molar-refractivity contribution in [2.75, 3.05) is 25.5 Å². The van der Waals surface area contributed by atoms with Gasteiger partial charge >= 0.3 is 5.69 Å². The molecule has 0 radical (unpaired) electrons. The van der Waals surface area contributed by atoms with Crippen LogP contribution in [0.5, 0.6) is 5.75 Å². The number of carbonyl (C=O) groups excluding carboxylic acids is 1. The van der Waals surface area contributed by atoms with Crippen LogP contribution >= 0.6 is 11.8 Å². The summed E-state index contributed by atoms with van der Waals surface area (Å²) in [7, 11) is 2.97. The average molecular weight is 486 g/mol. The lowest BCUT2D eigenvalue weighted by Crippen LogP contribution is -2.38. The number of hydrogen-bond acceptors (Lipinski definition) is 8. The molecular formula is C23H27N5O5S. The van der Waals surface area contributed by atoms with E-state index in [4.69, 9.17) is 9.47 Å². The molecule has 1 N–H and O–H groups in total. The minimum absolute atomic E-state index is 0.0434. The molecule has 1 atom stereocenters. The lowest BCUT2D eigenvalue weighted by Gasteiger charge is -2.13. The summed E-state index contributed by atoms with van der Waals surface area (Å²) in [5.41, 5.74) is -0.0740. The fourth-order valence-electron chi connectivity index (χ4n) is 3.75. The van der Waals surface area contributed by atoms with E-state index in [1.54, 1.807) is 19.2 Å². The minimum atomic E-state index is -0.501. The molecule has 1 aromatic carbocycles. The van der Waals surface area contributed by atoms with Crippen LogP contribution < -0.4 is 21.3 Å². The van der Waals surface area contributed by atoms with Gasteiger partial charge in [-0.1, -0.05) is 11.8 Å². The quantitative estimate of drug-likeness (QED) is 0.377. The second kappa shape index (κ2) is 10.4. The van der Waals surface area contributed by atoms with Gasteiger partial charge in [0.05, 0.1) is 18.5 Å². The van der Waals surface area contributed by atoms with Crippen molar-refractivity contribution in [1.82, 2.24) is 24.4 Å². The third-order valence-electron chi connectivity index (χ3n) is 5.58. The highest BCUT2D eigenvalue weighted by molar-refractivity contribution is 8.00. The zero-order valence-electron chi connectivity index (χ0n) is 19.4. The van der Waals surface area contributed by atoms with Crippen LogP contribution in [0.2, 0.25) is 0 Å². The number of aryl methyl sites for hydroxylation is 1. The molecule has 4 rings (SSSR count). The zero-order chi connectivity index (χ0) is 24.2. The molecule has 10 nitrogen and oxygen atoms in total. The van der Waals surface area contributed by atoms with E-state index in [1.807, 2.05) is 19.1 Å². The predicted molar refractivity (Wildman–Crippen MR) is 129 cm³/mol. The molecule has 0 saturated carbocycles. The molecule has 1 fully saturated rings. The van der Waals surface area contributed by atoms with Crippen molar-refractivity contribution in [2.45, 2.75) is 30.9 Å². The summed E-state index contributed by atoms with van der Waals surface area (Å²) in [6.07, 6.45) is 1.97. The van der Waals surface area contributed by atoms with Gasteiger partial charge in [-0.2, -0.15) is 0 Å². The molecule has 11 heteroatoms. The number of amides is 1. The van der Waals surface area contributed by atoms with Crippen LogP contribution in [0.15, 0.2) is 38.9 Å². The molecule has 1 aliphatic rings. The standard InChI is InChI=1S/C23H27N5O5S/c1-4-32-15-9-7-14(8-10-15)19-25-20-18(22(30)28(3)23(31)27(20)2)21(26-19)34-13-17(29)24-12-16-6-5-11-33-16/h7-10,16H,4-6,11-13H2,1-3H3,(H,24,29)/t16-/m1/s1. The molecule has 3 heterocycles. The molecule has 0 bridgehead atoms. The number of aromatic nitrogens is 4. The number of thioether (sulfide) groups is 1. The van der Waals surface area contributed by atoms with Crippen molar-refractivity contribution in [3.63, 3.8) is 0 Å². The fraction of sp³-hybridized carbons (Fsp3) is 0.435. The highest BCUT2D eigenvalue weighted by Crippen LogP contribution is 2.27. The maximum atomic E-state index is 13.0. The van der Waals surface area contributed by atoms with E-state index in [-0.39, 0.29) is 28.8 Å². The van der Waals surface area contributed by atoms with E-state index < -0.39 is 11.2 Å². The van der Waals surface area contributed by atoms with E-state index in [9.17, 15) is 14.4 Å². The first-order valence-electron chi connectivity index (χ1n) is 11.1. The number of carbonyl (C=O) groups is 1. The Balaban J connectivity index is 1.68. The third-order valence-corrected chi connectivity index (χ3v) is 6.56. The summed E-state index contributed by atoms with van der Waals surface area (Å²) in [6, 6.07) is 7.24. The smallest absolute Gasteiger partial charge is 0.332 e. The summed E-state index contributed by atoms with van der Waals surface area (Å²) < 4.78 is 13.4. The van der Waals surface area contributed by atoms with E-state index in [2.05, 4.69) is 15.3 Å². The third kappa shape index (κ3) is 5.00. The second-order valence-corrected chi connectivity index (χ2v) is 8.91. The molecule has 1 aliphatic heterocycles. The number of nitrogens with zero attached hydrogens (tertiary/aromatic N) is 4. The largest absolute Gasteiger partial charge is 0.494 e. The summed E-state index contributed by atoms with van der Waals surface area (Å²) in [5, 5.41) is 3.42. The molecule has 1 amide bonds. The SMILES string of the molecule is CCOc1ccc(-c2nc(SCC(=O)NC[C@H]3CCCO3)c3c(=O)n(C)c(=O)n(C)c3n2)cc1. The van der Waals surface area contributed by atoms with Crippen molar-refractivity contribution in [2.24, 2.45) is 14.1 Å². The Morgan fingerprint density at radius 2 is 1.97 bits per heavy atom. The highest BCUT2D eigenvalue weighted by Gasteiger charge is 2.20. The van der Waals surface area contributed by atoms with Gasteiger partial charge in [-0.3, -0.25) is 18.7 Å². The van der Waals surface area contributed by atoms with Crippen LogP contribution in [-0.2, 0) is 23.6 Å². The molecule has 0 spiro atoms. The van der Waals surface area contributed by atoms with Gasteiger partial charge in [-0.25, -0.2) is 14.8 Å². The Morgan fingerprint density at radius 3 is 2.65 bits per heavy atom. The maximum absolute atomic E-state index is 13.0. The number of fused-ring (bicyclic) bond motifs is 1. The summed E-state index contributed by atoms with van der Waals surface area (Å²) >= 11 is 1.14. The first-order chi connectivity index (χ1) is 16.4. The van der Waals surface area contributed by atoms with Gasteiger partial charge < -0.3 is 14.8 Å². The van der Waals surface area contributed by atoms with Gasteiger partial charge in [0.1, 0.15) is 16.2 Å². The first-order valence-corrected chi connectivity index (χ1v) is 12.1. The van der Waals surface area contributed by atoms with E-state index in [1.165, 1.54) is 11.6 Å². The fourth-order valence-corrected chi connectivity index (χ4v) is 4.59. The van der Waals surface area contributed by atoms with Crippen LogP contribution in [0.1, 0.15) is 19.8 Å². The number of benzene rings is 1. The summed E-state index contributed by atoms with van der Waals surface area (Å²) in [6.45, 7) is 3.63. The Kier molecular flexibility index (Phi) is 7.32. The lowest BCUT2D eigenvalue weighted by atomic mass is 10.2. The van der Waals surface area contributed by atoms with Crippen LogP contribution in [0.25, 0.3) is 22.4 Å². The minimum Gasteiger partial charge on any atom is -0.494 e. The molecule has 34 heavy (non-hydrogen) atoms. The van der Waals surface area contributed by atoms with Crippen LogP contribution in [0, 0.1) is 0 Å². The Hall–Kier alpha value is -3.18. The topological polar surface area (TPSA) is 117 Å². The predicted octanol–water partition coefficient (Wildman–Crippen LogP) is 1.48. The molecule has 0 unspecified atom stereocenters. The summed E-state index contributed by atoms with van der Waals surface area (Å²) in [4.78, 5) is 47.1. The van der Waals surface area contributed by atoms with Gasteiger partial charge in [0.2, 0.25) is 5.91 Å². The molecule has 180 valence electrons. The van der Waals surface area contributed by atoms with Crippen molar-refractivity contribution >= 4 is 28.7 Å². The van der Waals surface area contributed by atoms with Gasteiger partial charge in [0, 0.05) is 32.8 Å². The second-order valence-electron chi connectivity index (χ2n) is 7.94. The van der Waals surface area contributed by atoms with E-state index in [0.29, 0.717) is 35.3 Å². The van der Waals surface area contributed by atoms with Crippen LogP contribution in [0.4, 0.5) is 0 Å². The average Bonchev–Trinajstić information content (AvgIpc) is 3.37. The van der Waals surface area contributed by atoms with Gasteiger partial charge in [-0.05, 0) is 44.0 Å². The number of hydrogen-bond donors (Lipinski definition) is 1. The van der Waals surface area contributed by atoms with Crippen molar-refractivity contribution < 1.29 is 14.3 Å². The van der Waals surface area contributed by atoms with Gasteiger partial charge in [0.15, 0.2) is 11.5 Å².